The third-order valence-corrected chi connectivity index (χ3v) is 5.00. The molecule has 0 aliphatic rings. The van der Waals surface area contributed by atoms with Gasteiger partial charge >= 0.3 is 0 Å². The number of anilines is 3. The van der Waals surface area contributed by atoms with Crippen LogP contribution in [0.4, 0.5) is 17.3 Å². The largest absolute Gasteiger partial charge is 0.326 e. The van der Waals surface area contributed by atoms with Crippen molar-refractivity contribution in [3.05, 3.63) is 72.6 Å². The molecule has 0 unspecified atom stereocenters. The Hall–Kier alpha value is -3.79. The van der Waals surface area contributed by atoms with Crippen LogP contribution in [-0.4, -0.2) is 30.2 Å². The zero-order valence-electron chi connectivity index (χ0n) is 15.3. The maximum absolute atomic E-state index is 12.4. The highest BCUT2D eigenvalue weighted by molar-refractivity contribution is 7.92. The monoisotopic (exact) mass is 411 g/mol. The Morgan fingerprint density at radius 2 is 1.55 bits per heavy atom. The second-order valence-electron chi connectivity index (χ2n) is 5.92. The molecule has 29 heavy (non-hydrogen) atoms. The fourth-order valence-electron chi connectivity index (χ4n) is 2.39. The Morgan fingerprint density at radius 3 is 2.21 bits per heavy atom. The molecule has 0 bridgehead atoms. The van der Waals surface area contributed by atoms with Gasteiger partial charge in [-0.3, -0.25) is 9.59 Å². The van der Waals surface area contributed by atoms with Crippen LogP contribution in [0, 0.1) is 0 Å². The van der Waals surface area contributed by atoms with Crippen molar-refractivity contribution in [2.45, 2.75) is 11.8 Å². The second-order valence-corrected chi connectivity index (χ2v) is 7.60. The average molecular weight is 411 g/mol. The highest BCUT2D eigenvalue weighted by Crippen LogP contribution is 2.18. The Morgan fingerprint density at radius 1 is 0.862 bits per heavy atom. The van der Waals surface area contributed by atoms with Gasteiger partial charge in [0.15, 0.2) is 0 Å². The molecule has 1 aromatic heterocycles. The molecule has 3 rings (SSSR count). The summed E-state index contributed by atoms with van der Waals surface area (Å²) in [4.78, 5) is 31.2. The number of hydrogen-bond donors (Lipinski definition) is 3. The quantitative estimate of drug-likeness (QED) is 0.571. The lowest BCUT2D eigenvalue weighted by Gasteiger charge is -2.09. The van der Waals surface area contributed by atoms with Crippen molar-refractivity contribution in [1.29, 1.82) is 0 Å². The summed E-state index contributed by atoms with van der Waals surface area (Å²) >= 11 is 0. The first-order valence-corrected chi connectivity index (χ1v) is 9.91. The first-order chi connectivity index (χ1) is 13.8. The average Bonchev–Trinajstić information content (AvgIpc) is 2.68. The molecule has 148 valence electrons. The van der Waals surface area contributed by atoms with Gasteiger partial charge in [0.25, 0.3) is 15.9 Å². The van der Waals surface area contributed by atoms with Gasteiger partial charge in [0.1, 0.15) is 0 Å². The van der Waals surface area contributed by atoms with Crippen molar-refractivity contribution >= 4 is 39.2 Å². The summed E-state index contributed by atoms with van der Waals surface area (Å²) in [5.74, 6) is -0.679. The molecule has 3 aromatic rings. The van der Waals surface area contributed by atoms with E-state index in [0.717, 1.165) is 0 Å². The van der Waals surface area contributed by atoms with Gasteiger partial charge in [0.2, 0.25) is 11.9 Å². The Kier molecular flexibility index (Phi) is 5.84. The summed E-state index contributed by atoms with van der Waals surface area (Å²) in [5, 5.41) is 5.28. The van der Waals surface area contributed by atoms with Crippen LogP contribution in [0.5, 0.6) is 0 Å². The van der Waals surface area contributed by atoms with E-state index in [-0.39, 0.29) is 16.8 Å². The Bertz CT molecular complexity index is 1130. The van der Waals surface area contributed by atoms with Crippen molar-refractivity contribution in [3.63, 3.8) is 0 Å². The van der Waals surface area contributed by atoms with Gasteiger partial charge in [-0.2, -0.15) is 0 Å². The van der Waals surface area contributed by atoms with E-state index in [0.29, 0.717) is 16.9 Å². The number of carbonyl (C=O) groups excluding carboxylic acids is 2. The molecule has 0 aliphatic carbocycles. The molecule has 1 heterocycles. The lowest BCUT2D eigenvalue weighted by molar-refractivity contribution is -0.114. The molecule has 2 amide bonds. The fraction of sp³-hybridized carbons (Fsp3) is 0.0526. The molecule has 0 radical (unpaired) electrons. The molecule has 0 aliphatic heterocycles. The normalized spacial score (nSPS) is 10.8. The van der Waals surface area contributed by atoms with E-state index in [1.807, 2.05) is 0 Å². The number of sulfonamides is 1. The molecule has 10 heteroatoms. The lowest BCUT2D eigenvalue weighted by atomic mass is 10.2. The van der Waals surface area contributed by atoms with Crippen molar-refractivity contribution in [2.24, 2.45) is 0 Å². The van der Waals surface area contributed by atoms with Crippen molar-refractivity contribution in [2.75, 3.05) is 15.4 Å². The number of amides is 2. The van der Waals surface area contributed by atoms with E-state index in [1.54, 1.807) is 30.3 Å². The molecule has 9 nitrogen and oxygen atoms in total. The van der Waals surface area contributed by atoms with Crippen LogP contribution in [-0.2, 0) is 14.8 Å². The van der Waals surface area contributed by atoms with Gasteiger partial charge < -0.3 is 10.6 Å². The molecule has 0 saturated carbocycles. The Labute approximate surface area is 167 Å². The van der Waals surface area contributed by atoms with Gasteiger partial charge in [-0.1, -0.05) is 6.07 Å². The van der Waals surface area contributed by atoms with E-state index in [1.165, 1.54) is 43.6 Å². The Balaban J connectivity index is 1.70. The van der Waals surface area contributed by atoms with Crippen molar-refractivity contribution in [3.8, 4) is 0 Å². The molecule has 2 aromatic carbocycles. The minimum Gasteiger partial charge on any atom is -0.326 e. The number of rotatable bonds is 6. The standard InChI is InChI=1S/C19H17N5O4S/c1-13(25)22-16-5-2-4-14(12-16)18(26)23-15-6-8-17(9-7-15)29(27,28)24-19-20-10-3-11-21-19/h2-12H,1H3,(H,22,25)(H,23,26)(H,20,21,24). The van der Waals surface area contributed by atoms with Gasteiger partial charge in [0.05, 0.1) is 4.90 Å². The van der Waals surface area contributed by atoms with Gasteiger partial charge in [0, 0.05) is 36.3 Å². The predicted molar refractivity (Wildman–Crippen MR) is 108 cm³/mol. The van der Waals surface area contributed by atoms with E-state index >= 15 is 0 Å². The first-order valence-electron chi connectivity index (χ1n) is 8.42. The molecule has 3 N–H and O–H groups in total. The highest BCUT2D eigenvalue weighted by atomic mass is 32.2. The van der Waals surface area contributed by atoms with Crippen LogP contribution in [0.2, 0.25) is 0 Å². The summed E-state index contributed by atoms with van der Waals surface area (Å²) in [6, 6.07) is 13.7. The molecule has 0 atom stereocenters. The summed E-state index contributed by atoms with van der Waals surface area (Å²) in [7, 11) is -3.86. The second kappa shape index (κ2) is 8.48. The maximum Gasteiger partial charge on any atom is 0.264 e. The minimum absolute atomic E-state index is 0.00407. The summed E-state index contributed by atoms with van der Waals surface area (Å²) in [6.07, 6.45) is 2.84. The number of nitrogens with zero attached hydrogens (tertiary/aromatic N) is 2. The smallest absolute Gasteiger partial charge is 0.264 e. The lowest BCUT2D eigenvalue weighted by Crippen LogP contribution is -2.15. The third kappa shape index (κ3) is 5.36. The van der Waals surface area contributed by atoms with Crippen LogP contribution in [0.1, 0.15) is 17.3 Å². The predicted octanol–water partition coefficient (Wildman–Crippen LogP) is 2.49. The summed E-state index contributed by atoms with van der Waals surface area (Å²) in [6.45, 7) is 1.38. The molecular weight excluding hydrogens is 394 g/mol. The maximum atomic E-state index is 12.4. The van der Waals surface area contributed by atoms with Crippen LogP contribution >= 0.6 is 0 Å². The van der Waals surface area contributed by atoms with Crippen molar-refractivity contribution < 1.29 is 18.0 Å². The number of aromatic nitrogens is 2. The first kappa shape index (κ1) is 20.0. The molecule has 0 fully saturated rings. The number of hydrogen-bond acceptors (Lipinski definition) is 6. The van der Waals surface area contributed by atoms with Crippen molar-refractivity contribution in [1.82, 2.24) is 9.97 Å². The van der Waals surface area contributed by atoms with E-state index < -0.39 is 15.9 Å². The molecule has 0 spiro atoms. The van der Waals surface area contributed by atoms with Gasteiger partial charge in [-0.15, -0.1) is 0 Å². The van der Waals surface area contributed by atoms with Crippen LogP contribution in [0.3, 0.4) is 0 Å². The molecule has 0 saturated heterocycles. The van der Waals surface area contributed by atoms with E-state index in [9.17, 15) is 18.0 Å². The van der Waals surface area contributed by atoms with Crippen LogP contribution in [0.25, 0.3) is 0 Å². The highest BCUT2D eigenvalue weighted by Gasteiger charge is 2.16. The summed E-state index contributed by atoms with van der Waals surface area (Å²) in [5.41, 5.74) is 1.26. The van der Waals surface area contributed by atoms with E-state index in [4.69, 9.17) is 0 Å². The molecular formula is C19H17N5O4S. The summed E-state index contributed by atoms with van der Waals surface area (Å²) < 4.78 is 27.0. The third-order valence-electron chi connectivity index (χ3n) is 3.66. The zero-order chi connectivity index (χ0) is 20.9. The number of benzene rings is 2. The van der Waals surface area contributed by atoms with Crippen LogP contribution in [0.15, 0.2) is 71.9 Å². The number of nitrogens with one attached hydrogen (secondary N) is 3. The van der Waals surface area contributed by atoms with E-state index in [2.05, 4.69) is 25.3 Å². The van der Waals surface area contributed by atoms with Gasteiger partial charge in [-0.05, 0) is 48.5 Å². The zero-order valence-corrected chi connectivity index (χ0v) is 16.1. The van der Waals surface area contributed by atoms with Gasteiger partial charge in [-0.25, -0.2) is 23.1 Å². The SMILES string of the molecule is CC(=O)Nc1cccc(C(=O)Nc2ccc(S(=O)(=O)Nc3ncccn3)cc2)c1. The fourth-order valence-corrected chi connectivity index (χ4v) is 3.35. The topological polar surface area (TPSA) is 130 Å². The minimum atomic E-state index is -3.86. The number of carbonyl (C=O) groups is 2. The van der Waals surface area contributed by atoms with Crippen LogP contribution < -0.4 is 15.4 Å².